The Balaban J connectivity index is 1.88. The predicted octanol–water partition coefficient (Wildman–Crippen LogP) is 2.42. The third kappa shape index (κ3) is 4.40. The Kier molecular flexibility index (Phi) is 4.91. The topological polar surface area (TPSA) is 59.1 Å². The van der Waals surface area contributed by atoms with Gasteiger partial charge in [-0.2, -0.15) is 0 Å². The largest absolute Gasteiger partial charge is 0.245 e. The van der Waals surface area contributed by atoms with E-state index in [4.69, 9.17) is 0 Å². The molecule has 1 aromatic carbocycles. The minimum atomic E-state index is -3.26. The number of nitrogens with zero attached hydrogens (tertiary/aromatic N) is 1. The zero-order chi connectivity index (χ0) is 14.6. The summed E-state index contributed by atoms with van der Waals surface area (Å²) in [4.78, 5) is 5.45. The van der Waals surface area contributed by atoms with Crippen LogP contribution >= 0.6 is 11.3 Å². The molecule has 0 spiro atoms. The van der Waals surface area contributed by atoms with E-state index >= 15 is 0 Å². The van der Waals surface area contributed by atoms with Gasteiger partial charge in [0.2, 0.25) is 10.0 Å². The Bertz CT molecular complexity index is 644. The SMILES string of the molecule is Cc1nc(CNS(=O)(=O)CCc2ccccc2)sc1C. The second kappa shape index (κ2) is 6.47. The Morgan fingerprint density at radius 1 is 1.20 bits per heavy atom. The highest BCUT2D eigenvalue weighted by Gasteiger charge is 2.12. The molecule has 0 aliphatic heterocycles. The van der Waals surface area contributed by atoms with Gasteiger partial charge in [0.15, 0.2) is 0 Å². The van der Waals surface area contributed by atoms with Crippen LogP contribution in [0, 0.1) is 13.8 Å². The molecule has 0 saturated carbocycles. The molecule has 0 amide bonds. The number of nitrogens with one attached hydrogen (secondary N) is 1. The van der Waals surface area contributed by atoms with Crippen molar-refractivity contribution in [2.24, 2.45) is 0 Å². The first-order chi connectivity index (χ1) is 9.46. The maximum Gasteiger partial charge on any atom is 0.212 e. The van der Waals surface area contributed by atoms with E-state index in [1.807, 2.05) is 44.2 Å². The summed E-state index contributed by atoms with van der Waals surface area (Å²) < 4.78 is 26.5. The first kappa shape index (κ1) is 15.2. The van der Waals surface area contributed by atoms with Crippen molar-refractivity contribution in [1.82, 2.24) is 9.71 Å². The molecule has 0 saturated heterocycles. The average Bonchev–Trinajstić information content (AvgIpc) is 2.75. The van der Waals surface area contributed by atoms with Crippen LogP contribution < -0.4 is 4.72 Å². The third-order valence-corrected chi connectivity index (χ3v) is 5.42. The Morgan fingerprint density at radius 2 is 1.90 bits per heavy atom. The number of aromatic nitrogens is 1. The van der Waals surface area contributed by atoms with E-state index < -0.39 is 10.0 Å². The monoisotopic (exact) mass is 310 g/mol. The van der Waals surface area contributed by atoms with Gasteiger partial charge in [-0.15, -0.1) is 11.3 Å². The van der Waals surface area contributed by atoms with Crippen molar-refractivity contribution in [2.75, 3.05) is 5.75 Å². The Morgan fingerprint density at radius 3 is 2.50 bits per heavy atom. The van der Waals surface area contributed by atoms with E-state index in [0.717, 1.165) is 21.1 Å². The van der Waals surface area contributed by atoms with E-state index in [-0.39, 0.29) is 12.3 Å². The van der Waals surface area contributed by atoms with E-state index in [1.165, 1.54) is 11.3 Å². The molecule has 1 aromatic heterocycles. The average molecular weight is 310 g/mol. The summed E-state index contributed by atoms with van der Waals surface area (Å²) in [7, 11) is -3.26. The lowest BCUT2D eigenvalue weighted by atomic mass is 10.2. The van der Waals surface area contributed by atoms with Crippen LogP contribution in [0.2, 0.25) is 0 Å². The summed E-state index contributed by atoms with van der Waals surface area (Å²) in [6.45, 7) is 4.19. The van der Waals surface area contributed by atoms with Crippen LogP contribution in [0.25, 0.3) is 0 Å². The molecular formula is C14H18N2O2S2. The van der Waals surface area contributed by atoms with Gasteiger partial charge < -0.3 is 0 Å². The number of aryl methyl sites for hydroxylation is 3. The molecule has 2 rings (SSSR count). The van der Waals surface area contributed by atoms with Crippen molar-refractivity contribution in [1.29, 1.82) is 0 Å². The molecular weight excluding hydrogens is 292 g/mol. The zero-order valence-corrected chi connectivity index (χ0v) is 13.2. The van der Waals surface area contributed by atoms with Gasteiger partial charge in [0.1, 0.15) is 5.01 Å². The van der Waals surface area contributed by atoms with Gasteiger partial charge in [0.25, 0.3) is 0 Å². The fraction of sp³-hybridized carbons (Fsp3) is 0.357. The van der Waals surface area contributed by atoms with E-state index in [2.05, 4.69) is 9.71 Å². The van der Waals surface area contributed by atoms with E-state index in [0.29, 0.717) is 6.42 Å². The number of rotatable bonds is 6. The van der Waals surface area contributed by atoms with Crippen molar-refractivity contribution in [3.8, 4) is 0 Å². The molecule has 6 heteroatoms. The molecule has 2 aromatic rings. The molecule has 0 fully saturated rings. The van der Waals surface area contributed by atoms with Crippen LogP contribution in [0.1, 0.15) is 21.1 Å². The van der Waals surface area contributed by atoms with Crippen LogP contribution in [-0.4, -0.2) is 19.2 Å². The number of sulfonamides is 1. The number of hydrogen-bond donors (Lipinski definition) is 1. The molecule has 0 unspecified atom stereocenters. The quantitative estimate of drug-likeness (QED) is 0.891. The van der Waals surface area contributed by atoms with Crippen LogP contribution in [0.3, 0.4) is 0 Å². The minimum absolute atomic E-state index is 0.0976. The molecule has 108 valence electrons. The first-order valence-corrected chi connectivity index (χ1v) is 8.87. The van der Waals surface area contributed by atoms with Crippen molar-refractivity contribution >= 4 is 21.4 Å². The summed E-state index contributed by atoms with van der Waals surface area (Å²) >= 11 is 1.53. The lowest BCUT2D eigenvalue weighted by Crippen LogP contribution is -2.26. The summed E-state index contributed by atoms with van der Waals surface area (Å²) in [6, 6.07) is 9.61. The normalized spacial score (nSPS) is 11.7. The molecule has 4 nitrogen and oxygen atoms in total. The summed E-state index contributed by atoms with van der Waals surface area (Å²) in [5, 5.41) is 0.809. The molecule has 0 aliphatic carbocycles. The maximum atomic E-state index is 11.9. The van der Waals surface area contributed by atoms with Gasteiger partial charge in [0, 0.05) is 4.88 Å². The Labute approximate surface area is 123 Å². The summed E-state index contributed by atoms with van der Waals surface area (Å²) in [5.74, 6) is 0.0976. The standard InChI is InChI=1S/C14H18N2O2S2/c1-11-12(2)19-14(16-11)10-15-20(17,18)9-8-13-6-4-3-5-7-13/h3-7,15H,8-10H2,1-2H3. The smallest absolute Gasteiger partial charge is 0.212 e. The summed E-state index contributed by atoms with van der Waals surface area (Å²) in [6.07, 6.45) is 0.520. The van der Waals surface area contributed by atoms with Crippen LogP contribution in [0.4, 0.5) is 0 Å². The highest BCUT2D eigenvalue weighted by atomic mass is 32.2. The van der Waals surface area contributed by atoms with Crippen LogP contribution in [-0.2, 0) is 23.0 Å². The predicted molar refractivity (Wildman–Crippen MR) is 82.4 cm³/mol. The van der Waals surface area contributed by atoms with Crippen LogP contribution in [0.5, 0.6) is 0 Å². The number of thiazole rings is 1. The fourth-order valence-corrected chi connectivity index (χ4v) is 3.73. The first-order valence-electron chi connectivity index (χ1n) is 6.40. The molecule has 0 radical (unpaired) electrons. The number of benzene rings is 1. The van der Waals surface area contributed by atoms with Gasteiger partial charge >= 0.3 is 0 Å². The highest BCUT2D eigenvalue weighted by molar-refractivity contribution is 7.89. The van der Waals surface area contributed by atoms with Crippen molar-refractivity contribution in [2.45, 2.75) is 26.8 Å². The fourth-order valence-electron chi connectivity index (χ4n) is 1.76. The van der Waals surface area contributed by atoms with E-state index in [1.54, 1.807) is 0 Å². The second-order valence-electron chi connectivity index (χ2n) is 4.62. The third-order valence-electron chi connectivity index (χ3n) is 3.02. The van der Waals surface area contributed by atoms with Gasteiger partial charge in [-0.05, 0) is 25.8 Å². The molecule has 0 atom stereocenters. The van der Waals surface area contributed by atoms with E-state index in [9.17, 15) is 8.42 Å². The molecule has 1 heterocycles. The maximum absolute atomic E-state index is 11.9. The molecule has 1 N–H and O–H groups in total. The molecule has 20 heavy (non-hydrogen) atoms. The van der Waals surface area contributed by atoms with Gasteiger partial charge in [0.05, 0.1) is 18.0 Å². The minimum Gasteiger partial charge on any atom is -0.245 e. The summed E-state index contributed by atoms with van der Waals surface area (Å²) in [5.41, 5.74) is 1.99. The van der Waals surface area contributed by atoms with Crippen molar-refractivity contribution in [3.63, 3.8) is 0 Å². The number of hydrogen-bond acceptors (Lipinski definition) is 4. The van der Waals surface area contributed by atoms with Crippen LogP contribution in [0.15, 0.2) is 30.3 Å². The zero-order valence-electron chi connectivity index (χ0n) is 11.6. The van der Waals surface area contributed by atoms with Crippen molar-refractivity contribution < 1.29 is 8.42 Å². The van der Waals surface area contributed by atoms with Gasteiger partial charge in [-0.3, -0.25) is 0 Å². The Hall–Kier alpha value is -1.24. The molecule has 0 bridgehead atoms. The molecule has 0 aliphatic rings. The lowest BCUT2D eigenvalue weighted by molar-refractivity contribution is 0.580. The van der Waals surface area contributed by atoms with Crippen molar-refractivity contribution in [3.05, 3.63) is 51.5 Å². The second-order valence-corrected chi connectivity index (χ2v) is 7.84. The van der Waals surface area contributed by atoms with Gasteiger partial charge in [-0.25, -0.2) is 18.1 Å². The lowest BCUT2D eigenvalue weighted by Gasteiger charge is -2.05. The highest BCUT2D eigenvalue weighted by Crippen LogP contribution is 2.16. The van der Waals surface area contributed by atoms with Gasteiger partial charge in [-0.1, -0.05) is 30.3 Å².